The van der Waals surface area contributed by atoms with Gasteiger partial charge >= 0.3 is 0 Å². The van der Waals surface area contributed by atoms with Gasteiger partial charge in [-0.3, -0.25) is 0 Å². The van der Waals surface area contributed by atoms with Gasteiger partial charge in [-0.1, -0.05) is 33.6 Å². The fourth-order valence-electron chi connectivity index (χ4n) is 2.87. The van der Waals surface area contributed by atoms with Crippen LogP contribution in [0.25, 0.3) is 0 Å². The molecule has 0 spiro atoms. The summed E-state index contributed by atoms with van der Waals surface area (Å²) in [5.41, 5.74) is 0. The number of unbranched alkanes of at least 4 members (excludes halogenated alkanes) is 2. The minimum Gasteiger partial charge on any atom is -0.314 e. The second-order valence-electron chi connectivity index (χ2n) is 5.30. The molecule has 96 valence electrons. The molecule has 0 aromatic heterocycles. The van der Waals surface area contributed by atoms with Gasteiger partial charge in [0.25, 0.3) is 0 Å². The van der Waals surface area contributed by atoms with E-state index >= 15 is 0 Å². The number of hydrogen-bond donors (Lipinski definition) is 1. The highest BCUT2D eigenvalue weighted by atomic mass is 15.2. The van der Waals surface area contributed by atoms with Crippen molar-refractivity contribution in [2.75, 3.05) is 19.6 Å². The molecule has 1 saturated heterocycles. The van der Waals surface area contributed by atoms with Crippen LogP contribution in [0, 0.1) is 5.92 Å². The van der Waals surface area contributed by atoms with E-state index in [0.29, 0.717) is 0 Å². The van der Waals surface area contributed by atoms with Gasteiger partial charge in [0.15, 0.2) is 0 Å². The van der Waals surface area contributed by atoms with Crippen molar-refractivity contribution in [3.8, 4) is 0 Å². The summed E-state index contributed by atoms with van der Waals surface area (Å²) in [5, 5.41) is 3.63. The number of hydrogen-bond acceptors (Lipinski definition) is 2. The summed E-state index contributed by atoms with van der Waals surface area (Å²) in [6.07, 6.45) is 5.41. The van der Waals surface area contributed by atoms with Gasteiger partial charge < -0.3 is 10.2 Å². The average Bonchev–Trinajstić information content (AvgIpc) is 2.28. The molecular formula is C14H30N2. The zero-order valence-corrected chi connectivity index (χ0v) is 11.6. The molecule has 0 bridgehead atoms. The second kappa shape index (κ2) is 7.29. The molecule has 2 nitrogen and oxygen atoms in total. The Balaban J connectivity index is 2.35. The maximum absolute atomic E-state index is 3.63. The molecule has 1 heterocycles. The van der Waals surface area contributed by atoms with Crippen molar-refractivity contribution in [1.29, 1.82) is 0 Å². The lowest BCUT2D eigenvalue weighted by atomic mass is 9.87. The minimum absolute atomic E-state index is 0.738. The highest BCUT2D eigenvalue weighted by molar-refractivity contribution is 4.88. The first-order valence-corrected chi connectivity index (χ1v) is 7.18. The molecule has 3 atom stereocenters. The minimum atomic E-state index is 0.738. The normalized spacial score (nSPS) is 31.9. The predicted molar refractivity (Wildman–Crippen MR) is 71.8 cm³/mol. The van der Waals surface area contributed by atoms with E-state index in [1.807, 2.05) is 0 Å². The monoisotopic (exact) mass is 226 g/mol. The van der Waals surface area contributed by atoms with Crippen LogP contribution in [0.1, 0.15) is 53.4 Å². The lowest BCUT2D eigenvalue weighted by Crippen LogP contribution is -2.53. The largest absolute Gasteiger partial charge is 0.314 e. The molecule has 0 saturated carbocycles. The van der Waals surface area contributed by atoms with Crippen molar-refractivity contribution in [3.63, 3.8) is 0 Å². The molecule has 0 radical (unpaired) electrons. The fraction of sp³-hybridized carbons (Fsp3) is 1.00. The molecule has 16 heavy (non-hydrogen) atoms. The van der Waals surface area contributed by atoms with Crippen LogP contribution in [0.3, 0.4) is 0 Å². The Labute approximate surface area is 102 Å². The van der Waals surface area contributed by atoms with Crippen molar-refractivity contribution >= 4 is 0 Å². The molecule has 0 amide bonds. The van der Waals surface area contributed by atoms with E-state index in [2.05, 4.69) is 37.9 Å². The summed E-state index contributed by atoms with van der Waals surface area (Å²) in [5.74, 6) is 0.787. The number of nitrogens with one attached hydrogen (secondary N) is 1. The smallest absolute Gasteiger partial charge is 0.0120 e. The van der Waals surface area contributed by atoms with Crippen molar-refractivity contribution < 1.29 is 0 Å². The summed E-state index contributed by atoms with van der Waals surface area (Å²) in [6, 6.07) is 1.48. The Morgan fingerprint density at radius 1 is 1.19 bits per heavy atom. The van der Waals surface area contributed by atoms with Gasteiger partial charge in [0.1, 0.15) is 0 Å². The van der Waals surface area contributed by atoms with Crippen LogP contribution in [0.15, 0.2) is 0 Å². The topological polar surface area (TPSA) is 15.3 Å². The quantitative estimate of drug-likeness (QED) is 0.701. The molecule has 1 aliphatic heterocycles. The zero-order chi connectivity index (χ0) is 12.0. The summed E-state index contributed by atoms with van der Waals surface area (Å²) < 4.78 is 0. The fourth-order valence-corrected chi connectivity index (χ4v) is 2.87. The Hall–Kier alpha value is -0.0800. The lowest BCUT2D eigenvalue weighted by Gasteiger charge is -2.43. The molecule has 0 aliphatic carbocycles. The van der Waals surface area contributed by atoms with E-state index in [-0.39, 0.29) is 0 Å². The number of piperidine rings is 1. The SMILES string of the molecule is CCCCCN1CCC(NCC)C(C)C1C. The van der Waals surface area contributed by atoms with Gasteiger partial charge in [-0.2, -0.15) is 0 Å². The summed E-state index contributed by atoms with van der Waals surface area (Å²) in [7, 11) is 0. The standard InChI is InChI=1S/C14H30N2/c1-5-7-8-10-16-11-9-14(15-6-2)12(3)13(16)4/h12-15H,5-11H2,1-4H3. The molecule has 1 N–H and O–H groups in total. The first-order chi connectivity index (χ1) is 7.70. The third-order valence-corrected chi connectivity index (χ3v) is 4.21. The van der Waals surface area contributed by atoms with Gasteiger partial charge in [-0.15, -0.1) is 0 Å². The summed E-state index contributed by atoms with van der Waals surface area (Å²) in [6.45, 7) is 13.0. The first kappa shape index (κ1) is 14.0. The molecular weight excluding hydrogens is 196 g/mol. The number of rotatable bonds is 6. The van der Waals surface area contributed by atoms with Gasteiger partial charge in [-0.05, 0) is 45.3 Å². The summed E-state index contributed by atoms with van der Waals surface area (Å²) in [4.78, 5) is 2.69. The maximum Gasteiger partial charge on any atom is 0.0120 e. The van der Waals surface area contributed by atoms with Gasteiger partial charge in [-0.25, -0.2) is 0 Å². The molecule has 3 unspecified atom stereocenters. The van der Waals surface area contributed by atoms with Gasteiger partial charge in [0, 0.05) is 12.1 Å². The molecule has 1 rings (SSSR count). The Morgan fingerprint density at radius 3 is 2.56 bits per heavy atom. The lowest BCUT2D eigenvalue weighted by molar-refractivity contribution is 0.0840. The van der Waals surface area contributed by atoms with Crippen LogP contribution < -0.4 is 5.32 Å². The Kier molecular flexibility index (Phi) is 6.37. The zero-order valence-electron chi connectivity index (χ0n) is 11.6. The summed E-state index contributed by atoms with van der Waals surface area (Å²) >= 11 is 0. The maximum atomic E-state index is 3.63. The Morgan fingerprint density at radius 2 is 1.94 bits per heavy atom. The van der Waals surface area contributed by atoms with Crippen molar-refractivity contribution in [2.45, 2.75) is 65.5 Å². The highest BCUT2D eigenvalue weighted by Crippen LogP contribution is 2.23. The Bertz CT molecular complexity index is 182. The third-order valence-electron chi connectivity index (χ3n) is 4.21. The number of nitrogens with zero attached hydrogens (tertiary/aromatic N) is 1. The van der Waals surface area contributed by atoms with Crippen LogP contribution in [0.4, 0.5) is 0 Å². The van der Waals surface area contributed by atoms with Crippen LogP contribution >= 0.6 is 0 Å². The van der Waals surface area contributed by atoms with E-state index in [4.69, 9.17) is 0 Å². The van der Waals surface area contributed by atoms with E-state index in [1.165, 1.54) is 38.8 Å². The third kappa shape index (κ3) is 3.74. The molecule has 0 aromatic rings. The highest BCUT2D eigenvalue weighted by Gasteiger charge is 2.31. The second-order valence-corrected chi connectivity index (χ2v) is 5.30. The van der Waals surface area contributed by atoms with Crippen molar-refractivity contribution in [1.82, 2.24) is 10.2 Å². The predicted octanol–water partition coefficient (Wildman–Crippen LogP) is 2.89. The molecule has 0 aromatic carbocycles. The number of likely N-dealkylation sites (tertiary alicyclic amines) is 1. The van der Waals surface area contributed by atoms with E-state index in [9.17, 15) is 0 Å². The van der Waals surface area contributed by atoms with E-state index in [1.54, 1.807) is 0 Å². The molecule has 2 heteroatoms. The van der Waals surface area contributed by atoms with Crippen LogP contribution in [-0.2, 0) is 0 Å². The van der Waals surface area contributed by atoms with E-state index in [0.717, 1.165) is 24.5 Å². The average molecular weight is 226 g/mol. The van der Waals surface area contributed by atoms with E-state index < -0.39 is 0 Å². The van der Waals surface area contributed by atoms with Crippen LogP contribution in [0.5, 0.6) is 0 Å². The van der Waals surface area contributed by atoms with Crippen LogP contribution in [0.2, 0.25) is 0 Å². The van der Waals surface area contributed by atoms with Gasteiger partial charge in [0.2, 0.25) is 0 Å². The van der Waals surface area contributed by atoms with Gasteiger partial charge in [0.05, 0.1) is 0 Å². The van der Waals surface area contributed by atoms with Crippen molar-refractivity contribution in [3.05, 3.63) is 0 Å². The first-order valence-electron chi connectivity index (χ1n) is 7.18. The van der Waals surface area contributed by atoms with Crippen molar-refractivity contribution in [2.24, 2.45) is 5.92 Å². The van der Waals surface area contributed by atoms with Crippen LogP contribution in [-0.4, -0.2) is 36.6 Å². The molecule has 1 aliphatic rings. The molecule has 1 fully saturated rings.